The Morgan fingerprint density at radius 3 is 3.09 bits per heavy atom. The monoisotopic (exact) mass is 322 g/mol. The molecule has 3 N–H and O–H groups in total. The minimum atomic E-state index is -0.647. The number of hydrogen-bond acceptors (Lipinski definition) is 9. The molecule has 0 amide bonds. The van der Waals surface area contributed by atoms with Crippen molar-refractivity contribution in [3.05, 3.63) is 12.7 Å². The Labute approximate surface area is 131 Å². The van der Waals surface area contributed by atoms with Crippen LogP contribution in [0.15, 0.2) is 12.7 Å². The fraction of sp³-hybridized carbons (Fsp3) is 0.615. The Kier molecular flexibility index (Phi) is 3.43. The van der Waals surface area contributed by atoms with Gasteiger partial charge in [0, 0.05) is 14.2 Å². The van der Waals surface area contributed by atoms with Crippen LogP contribution in [0.3, 0.4) is 0 Å². The maximum Gasteiger partial charge on any atom is 0.168 e. The summed E-state index contributed by atoms with van der Waals surface area (Å²) in [5, 5.41) is 0. The van der Waals surface area contributed by atoms with Gasteiger partial charge in [-0.05, 0) is 0 Å². The van der Waals surface area contributed by atoms with Crippen molar-refractivity contribution in [2.24, 2.45) is 0 Å². The maximum atomic E-state index is 6.29. The number of anilines is 1. The summed E-state index contributed by atoms with van der Waals surface area (Å²) in [5.41, 5.74) is 9.22. The SMILES string of the molecule is COC[C@]12CNOC(C1OC)[C@H](n1cnc3c(N)ncnc31)O2. The van der Waals surface area contributed by atoms with E-state index in [9.17, 15) is 0 Å². The van der Waals surface area contributed by atoms with E-state index >= 15 is 0 Å². The first-order valence-electron chi connectivity index (χ1n) is 7.21. The Bertz CT molecular complexity index is 720. The molecule has 0 aromatic carbocycles. The van der Waals surface area contributed by atoms with Crippen LogP contribution in [0.4, 0.5) is 5.82 Å². The molecule has 4 rings (SSSR count). The van der Waals surface area contributed by atoms with E-state index < -0.39 is 11.8 Å². The van der Waals surface area contributed by atoms with Gasteiger partial charge in [-0.1, -0.05) is 0 Å². The van der Waals surface area contributed by atoms with Crippen LogP contribution in [-0.2, 0) is 19.0 Å². The number of nitrogens with zero attached hydrogens (tertiary/aromatic N) is 4. The Balaban J connectivity index is 1.78. The molecule has 0 spiro atoms. The highest BCUT2D eigenvalue weighted by Crippen LogP contribution is 2.43. The first-order chi connectivity index (χ1) is 11.2. The van der Waals surface area contributed by atoms with Crippen molar-refractivity contribution in [3.8, 4) is 0 Å². The normalized spacial score (nSPS) is 33.4. The Morgan fingerprint density at radius 1 is 1.43 bits per heavy atom. The van der Waals surface area contributed by atoms with Crippen molar-refractivity contribution in [1.82, 2.24) is 25.0 Å². The van der Waals surface area contributed by atoms with Gasteiger partial charge in [0.1, 0.15) is 23.5 Å². The molecule has 2 fully saturated rings. The summed E-state index contributed by atoms with van der Waals surface area (Å²) in [4.78, 5) is 18.2. The Morgan fingerprint density at radius 2 is 2.30 bits per heavy atom. The molecule has 10 nitrogen and oxygen atoms in total. The van der Waals surface area contributed by atoms with Gasteiger partial charge in [0.2, 0.25) is 0 Å². The van der Waals surface area contributed by atoms with E-state index in [2.05, 4.69) is 20.4 Å². The summed E-state index contributed by atoms with van der Waals surface area (Å²) in [6, 6.07) is 0. The van der Waals surface area contributed by atoms with Gasteiger partial charge in [-0.2, -0.15) is 5.48 Å². The molecular weight excluding hydrogens is 304 g/mol. The van der Waals surface area contributed by atoms with E-state index in [0.29, 0.717) is 30.1 Å². The molecule has 2 bridgehead atoms. The van der Waals surface area contributed by atoms with Gasteiger partial charge in [0.15, 0.2) is 23.8 Å². The lowest BCUT2D eigenvalue weighted by molar-refractivity contribution is -0.174. The second kappa shape index (κ2) is 5.35. The summed E-state index contributed by atoms with van der Waals surface area (Å²) in [7, 11) is 3.26. The summed E-state index contributed by atoms with van der Waals surface area (Å²) in [5.74, 6) is 0.323. The van der Waals surface area contributed by atoms with Crippen molar-refractivity contribution in [2.75, 3.05) is 33.1 Å². The van der Waals surface area contributed by atoms with Gasteiger partial charge >= 0.3 is 0 Å². The lowest BCUT2D eigenvalue weighted by atomic mass is 9.94. The molecule has 124 valence electrons. The fourth-order valence-corrected chi connectivity index (χ4v) is 3.38. The summed E-state index contributed by atoms with van der Waals surface area (Å²) in [6.45, 7) is 0.828. The molecule has 0 aliphatic carbocycles. The molecule has 2 aliphatic heterocycles. The van der Waals surface area contributed by atoms with Gasteiger partial charge in [-0.3, -0.25) is 9.40 Å². The second-order valence-electron chi connectivity index (χ2n) is 5.65. The summed E-state index contributed by atoms with van der Waals surface area (Å²) >= 11 is 0. The van der Waals surface area contributed by atoms with E-state index in [4.69, 9.17) is 24.8 Å². The molecule has 4 atom stereocenters. The third kappa shape index (κ3) is 2.03. The number of methoxy groups -OCH3 is 2. The molecular formula is C13H18N6O4. The summed E-state index contributed by atoms with van der Waals surface area (Å²) < 4.78 is 19.1. The molecule has 2 saturated heterocycles. The number of ether oxygens (including phenoxy) is 3. The largest absolute Gasteiger partial charge is 0.382 e. The molecule has 0 radical (unpaired) electrons. The minimum Gasteiger partial charge on any atom is -0.382 e. The van der Waals surface area contributed by atoms with E-state index in [1.807, 2.05) is 0 Å². The average molecular weight is 322 g/mol. The van der Waals surface area contributed by atoms with Gasteiger partial charge < -0.3 is 19.9 Å². The molecule has 2 aromatic heterocycles. The molecule has 0 saturated carbocycles. The van der Waals surface area contributed by atoms with Crippen LogP contribution < -0.4 is 11.2 Å². The highest BCUT2D eigenvalue weighted by molar-refractivity contribution is 5.81. The van der Waals surface area contributed by atoms with Crippen molar-refractivity contribution < 1.29 is 19.0 Å². The van der Waals surface area contributed by atoms with Gasteiger partial charge in [-0.25, -0.2) is 15.0 Å². The van der Waals surface area contributed by atoms with Crippen LogP contribution >= 0.6 is 0 Å². The molecule has 4 heterocycles. The molecule has 23 heavy (non-hydrogen) atoms. The van der Waals surface area contributed by atoms with Gasteiger partial charge in [0.25, 0.3) is 0 Å². The standard InChI is InChI=1S/C13H18N6O4/c1-20-4-13-3-18-23-8(9(13)21-2)12(22-13)19-6-17-7-10(14)15-5-16-11(7)19/h5-6,8-9,12,18H,3-4H2,1-2H3,(H2,14,15,16)/t8?,9?,12-,13-/m1/s1. The predicted molar refractivity (Wildman–Crippen MR) is 78.1 cm³/mol. The van der Waals surface area contributed by atoms with Crippen LogP contribution in [0.2, 0.25) is 0 Å². The van der Waals surface area contributed by atoms with Gasteiger partial charge in [0.05, 0.1) is 19.5 Å². The van der Waals surface area contributed by atoms with Crippen molar-refractivity contribution >= 4 is 17.0 Å². The zero-order valence-electron chi connectivity index (χ0n) is 12.8. The third-order valence-electron chi connectivity index (χ3n) is 4.35. The number of nitrogens with two attached hydrogens (primary N) is 1. The molecule has 10 heteroatoms. The number of nitrogens with one attached hydrogen (secondary N) is 1. The molecule has 2 aromatic rings. The van der Waals surface area contributed by atoms with Crippen LogP contribution in [0.5, 0.6) is 0 Å². The summed E-state index contributed by atoms with van der Waals surface area (Å²) in [6.07, 6.45) is 1.89. The lowest BCUT2D eigenvalue weighted by Gasteiger charge is -2.36. The second-order valence-corrected chi connectivity index (χ2v) is 5.65. The molecule has 2 aliphatic rings. The van der Waals surface area contributed by atoms with Crippen LogP contribution in [0, 0.1) is 0 Å². The number of rotatable bonds is 4. The van der Waals surface area contributed by atoms with Crippen LogP contribution in [-0.4, -0.2) is 64.7 Å². The van der Waals surface area contributed by atoms with Crippen LogP contribution in [0.25, 0.3) is 11.2 Å². The smallest absolute Gasteiger partial charge is 0.168 e. The minimum absolute atomic E-state index is 0.287. The van der Waals surface area contributed by atoms with E-state index in [0.717, 1.165) is 0 Å². The van der Waals surface area contributed by atoms with Crippen molar-refractivity contribution in [2.45, 2.75) is 24.0 Å². The van der Waals surface area contributed by atoms with Crippen LogP contribution in [0.1, 0.15) is 6.23 Å². The third-order valence-corrected chi connectivity index (χ3v) is 4.35. The lowest BCUT2D eigenvalue weighted by Crippen LogP contribution is -2.59. The Hall–Kier alpha value is -1.85. The number of aromatic nitrogens is 4. The number of hydrogen-bond donors (Lipinski definition) is 2. The first kappa shape index (κ1) is 14.7. The number of hydroxylamine groups is 1. The highest BCUT2D eigenvalue weighted by Gasteiger charge is 2.60. The predicted octanol–water partition coefficient (Wildman–Crippen LogP) is -0.759. The van der Waals surface area contributed by atoms with Gasteiger partial charge in [-0.15, -0.1) is 0 Å². The fourth-order valence-electron chi connectivity index (χ4n) is 3.38. The zero-order valence-corrected chi connectivity index (χ0v) is 12.8. The van der Waals surface area contributed by atoms with Crippen molar-refractivity contribution in [3.63, 3.8) is 0 Å². The highest BCUT2D eigenvalue weighted by atomic mass is 16.7. The van der Waals surface area contributed by atoms with E-state index in [1.54, 1.807) is 25.1 Å². The number of nitrogen functional groups attached to an aromatic ring is 1. The average Bonchev–Trinajstić information content (AvgIpc) is 3.04. The quantitative estimate of drug-likeness (QED) is 0.748. The van der Waals surface area contributed by atoms with Crippen molar-refractivity contribution in [1.29, 1.82) is 0 Å². The van der Waals surface area contributed by atoms with E-state index in [-0.39, 0.29) is 12.2 Å². The topological polar surface area (TPSA) is 119 Å². The number of imidazole rings is 1. The number of fused-ring (bicyclic) bond motifs is 3. The maximum absolute atomic E-state index is 6.29. The molecule has 2 unspecified atom stereocenters. The first-order valence-corrected chi connectivity index (χ1v) is 7.21. The van der Waals surface area contributed by atoms with E-state index in [1.165, 1.54) is 6.33 Å². The zero-order chi connectivity index (χ0) is 16.0.